The summed E-state index contributed by atoms with van der Waals surface area (Å²) in [4.78, 5) is 13.8. The molecule has 0 aliphatic heterocycles. The molecule has 0 unspecified atom stereocenters. The molecule has 0 aliphatic rings. The van der Waals surface area contributed by atoms with E-state index >= 15 is 0 Å². The van der Waals surface area contributed by atoms with E-state index in [1.165, 1.54) is 5.56 Å². The van der Waals surface area contributed by atoms with Crippen LogP contribution in [0.2, 0.25) is 0 Å². The van der Waals surface area contributed by atoms with Crippen molar-refractivity contribution in [3.63, 3.8) is 0 Å². The minimum absolute atomic E-state index is 0.0263. The second-order valence-corrected chi connectivity index (χ2v) is 5.00. The van der Waals surface area contributed by atoms with Crippen LogP contribution in [0, 0.1) is 13.8 Å². The Morgan fingerprint density at radius 3 is 2.55 bits per heavy atom. The Balaban J connectivity index is 2.37. The lowest BCUT2D eigenvalue weighted by Crippen LogP contribution is -2.32. The zero-order chi connectivity index (χ0) is 14.7. The Morgan fingerprint density at radius 1 is 1.30 bits per heavy atom. The van der Waals surface area contributed by atoms with Crippen LogP contribution in [-0.2, 0) is 17.9 Å². The standard InChI is InChI=1S/C16H21N3O/c1-5-15-8-6-7-9-16(15)18(14(4)20)11-19-13(3)10-12(2)17-19/h6-10H,5,11H2,1-4H3. The molecule has 1 heterocycles. The molecule has 4 nitrogen and oxygen atoms in total. The average molecular weight is 271 g/mol. The maximum absolute atomic E-state index is 12.0. The molecule has 4 heteroatoms. The van der Waals surface area contributed by atoms with Crippen molar-refractivity contribution in [3.05, 3.63) is 47.3 Å². The topological polar surface area (TPSA) is 38.1 Å². The summed E-state index contributed by atoms with van der Waals surface area (Å²) >= 11 is 0. The highest BCUT2D eigenvalue weighted by atomic mass is 16.2. The normalized spacial score (nSPS) is 10.6. The number of anilines is 1. The number of carbonyl (C=O) groups excluding carboxylic acids is 1. The molecule has 20 heavy (non-hydrogen) atoms. The minimum Gasteiger partial charge on any atom is -0.292 e. The Morgan fingerprint density at radius 2 is 2.00 bits per heavy atom. The van der Waals surface area contributed by atoms with E-state index in [-0.39, 0.29) is 5.91 Å². The van der Waals surface area contributed by atoms with Gasteiger partial charge < -0.3 is 0 Å². The van der Waals surface area contributed by atoms with Gasteiger partial charge in [-0.1, -0.05) is 25.1 Å². The molecule has 106 valence electrons. The Bertz CT molecular complexity index is 616. The highest BCUT2D eigenvalue weighted by Crippen LogP contribution is 2.22. The molecule has 0 aliphatic carbocycles. The van der Waals surface area contributed by atoms with Crippen LogP contribution in [-0.4, -0.2) is 15.7 Å². The van der Waals surface area contributed by atoms with Crippen molar-refractivity contribution in [2.75, 3.05) is 4.90 Å². The fourth-order valence-corrected chi connectivity index (χ4v) is 2.37. The van der Waals surface area contributed by atoms with E-state index in [2.05, 4.69) is 18.1 Å². The number of nitrogens with zero attached hydrogens (tertiary/aromatic N) is 3. The lowest BCUT2D eigenvalue weighted by molar-refractivity contribution is -0.117. The SMILES string of the molecule is CCc1ccccc1N(Cn1nc(C)cc1C)C(C)=O. The van der Waals surface area contributed by atoms with Gasteiger partial charge >= 0.3 is 0 Å². The molecule has 0 bridgehead atoms. The second-order valence-electron chi connectivity index (χ2n) is 5.00. The molecule has 1 aromatic carbocycles. The van der Waals surface area contributed by atoms with Crippen LogP contribution in [0.3, 0.4) is 0 Å². The number of para-hydroxylation sites is 1. The van der Waals surface area contributed by atoms with E-state index in [0.29, 0.717) is 6.67 Å². The molecule has 2 aromatic rings. The quantitative estimate of drug-likeness (QED) is 0.857. The van der Waals surface area contributed by atoms with Gasteiger partial charge in [0.05, 0.1) is 5.69 Å². The van der Waals surface area contributed by atoms with Crippen molar-refractivity contribution in [1.82, 2.24) is 9.78 Å². The van der Waals surface area contributed by atoms with Crippen LogP contribution in [0.4, 0.5) is 5.69 Å². The van der Waals surface area contributed by atoms with Gasteiger partial charge in [0.25, 0.3) is 0 Å². The van der Waals surface area contributed by atoms with Crippen molar-refractivity contribution < 1.29 is 4.79 Å². The second kappa shape index (κ2) is 5.90. The molecule has 0 fully saturated rings. The van der Waals surface area contributed by atoms with E-state index in [4.69, 9.17) is 0 Å². The van der Waals surface area contributed by atoms with Gasteiger partial charge in [-0.25, -0.2) is 4.68 Å². The summed E-state index contributed by atoms with van der Waals surface area (Å²) in [6.07, 6.45) is 0.900. The van der Waals surface area contributed by atoms with Gasteiger partial charge in [-0.05, 0) is 38.0 Å². The molecule has 0 radical (unpaired) electrons. The first-order valence-corrected chi connectivity index (χ1v) is 6.90. The molecule has 0 atom stereocenters. The molecule has 0 saturated heterocycles. The van der Waals surface area contributed by atoms with E-state index in [0.717, 1.165) is 23.5 Å². The molecule has 0 spiro atoms. The summed E-state index contributed by atoms with van der Waals surface area (Å²) < 4.78 is 1.86. The first kappa shape index (κ1) is 14.3. The van der Waals surface area contributed by atoms with Crippen molar-refractivity contribution in [3.8, 4) is 0 Å². The largest absolute Gasteiger partial charge is 0.292 e. The molecule has 2 rings (SSSR count). The van der Waals surface area contributed by atoms with Crippen LogP contribution in [0.1, 0.15) is 30.8 Å². The number of carbonyl (C=O) groups is 1. The van der Waals surface area contributed by atoms with Gasteiger partial charge in [-0.15, -0.1) is 0 Å². The molecule has 0 saturated carbocycles. The third-order valence-electron chi connectivity index (χ3n) is 3.42. The maximum Gasteiger partial charge on any atom is 0.225 e. The van der Waals surface area contributed by atoms with E-state index in [1.54, 1.807) is 11.8 Å². The lowest BCUT2D eigenvalue weighted by Gasteiger charge is -2.24. The first-order chi connectivity index (χ1) is 9.52. The highest BCUT2D eigenvalue weighted by Gasteiger charge is 2.16. The van der Waals surface area contributed by atoms with Gasteiger partial charge in [0, 0.05) is 18.3 Å². The zero-order valence-corrected chi connectivity index (χ0v) is 12.6. The smallest absolute Gasteiger partial charge is 0.225 e. The summed E-state index contributed by atoms with van der Waals surface area (Å²) in [7, 11) is 0. The monoisotopic (exact) mass is 271 g/mol. The minimum atomic E-state index is 0.0263. The molecule has 1 amide bonds. The van der Waals surface area contributed by atoms with Crippen molar-refractivity contribution in [2.24, 2.45) is 0 Å². The van der Waals surface area contributed by atoms with Crippen molar-refractivity contribution in [1.29, 1.82) is 0 Å². The van der Waals surface area contributed by atoms with Gasteiger partial charge in [0.1, 0.15) is 6.67 Å². The first-order valence-electron chi connectivity index (χ1n) is 6.90. The van der Waals surface area contributed by atoms with Crippen molar-refractivity contribution in [2.45, 2.75) is 40.8 Å². The molecule has 1 aromatic heterocycles. The van der Waals surface area contributed by atoms with Gasteiger partial charge in [0.15, 0.2) is 0 Å². The number of benzene rings is 1. The highest BCUT2D eigenvalue weighted by molar-refractivity contribution is 5.91. The maximum atomic E-state index is 12.0. The lowest BCUT2D eigenvalue weighted by atomic mass is 10.1. The Kier molecular flexibility index (Phi) is 4.23. The van der Waals surface area contributed by atoms with E-state index < -0.39 is 0 Å². The molecular weight excluding hydrogens is 250 g/mol. The Labute approximate surface area is 120 Å². The van der Waals surface area contributed by atoms with E-state index in [9.17, 15) is 4.79 Å². The predicted molar refractivity (Wildman–Crippen MR) is 80.7 cm³/mol. The Hall–Kier alpha value is -2.10. The summed E-state index contributed by atoms with van der Waals surface area (Å²) in [5, 5.41) is 4.44. The number of aryl methyl sites for hydroxylation is 3. The summed E-state index contributed by atoms with van der Waals surface area (Å²) in [6.45, 7) is 8.11. The van der Waals surface area contributed by atoms with Crippen LogP contribution >= 0.6 is 0 Å². The zero-order valence-electron chi connectivity index (χ0n) is 12.6. The van der Waals surface area contributed by atoms with E-state index in [1.807, 2.05) is 42.8 Å². The average Bonchev–Trinajstić information content (AvgIpc) is 2.74. The molecular formula is C16H21N3O. The van der Waals surface area contributed by atoms with Crippen LogP contribution in [0.15, 0.2) is 30.3 Å². The predicted octanol–water partition coefficient (Wildman–Crippen LogP) is 3.07. The van der Waals surface area contributed by atoms with Gasteiger partial charge in [-0.2, -0.15) is 5.10 Å². The fourth-order valence-electron chi connectivity index (χ4n) is 2.37. The van der Waals surface area contributed by atoms with Crippen LogP contribution in [0.5, 0.6) is 0 Å². The van der Waals surface area contributed by atoms with Crippen LogP contribution < -0.4 is 4.90 Å². The summed E-state index contributed by atoms with van der Waals surface area (Å²) in [5.41, 5.74) is 4.16. The third-order valence-corrected chi connectivity index (χ3v) is 3.42. The number of aromatic nitrogens is 2. The number of amides is 1. The number of hydrogen-bond donors (Lipinski definition) is 0. The van der Waals surface area contributed by atoms with Gasteiger partial charge in [-0.3, -0.25) is 9.69 Å². The summed E-state index contributed by atoms with van der Waals surface area (Å²) in [6, 6.07) is 10.0. The molecule has 0 N–H and O–H groups in total. The fraction of sp³-hybridized carbons (Fsp3) is 0.375. The number of hydrogen-bond acceptors (Lipinski definition) is 2. The van der Waals surface area contributed by atoms with Crippen LogP contribution in [0.25, 0.3) is 0 Å². The van der Waals surface area contributed by atoms with Gasteiger partial charge in [0.2, 0.25) is 5.91 Å². The third kappa shape index (κ3) is 2.90. The van der Waals surface area contributed by atoms with Crippen molar-refractivity contribution >= 4 is 11.6 Å². The summed E-state index contributed by atoms with van der Waals surface area (Å²) in [5.74, 6) is 0.0263. The number of rotatable bonds is 4.